The molecule has 1 nitrogen and oxygen atoms in total. The standard InChI is InChI=1S/C16H22BrN/c1-18-10-16(12-4-6-14(17)7-5-12)15-9-11-2-3-13(15)8-11/h4-7,11,13,15-16,18H,2-3,8-10H2,1H3. The van der Waals surface area contributed by atoms with Crippen LogP contribution in [0.15, 0.2) is 28.7 Å². The molecule has 2 bridgehead atoms. The highest BCUT2D eigenvalue weighted by Crippen LogP contribution is 2.53. The largest absolute Gasteiger partial charge is 0.319 e. The van der Waals surface area contributed by atoms with Gasteiger partial charge < -0.3 is 5.32 Å². The first-order chi connectivity index (χ1) is 8.78. The molecule has 0 amide bonds. The molecule has 1 N–H and O–H groups in total. The van der Waals surface area contributed by atoms with Gasteiger partial charge in [0.2, 0.25) is 0 Å². The van der Waals surface area contributed by atoms with E-state index in [2.05, 4.69) is 52.6 Å². The Labute approximate surface area is 118 Å². The van der Waals surface area contributed by atoms with Crippen molar-refractivity contribution in [2.24, 2.45) is 17.8 Å². The van der Waals surface area contributed by atoms with E-state index in [0.29, 0.717) is 5.92 Å². The zero-order valence-electron chi connectivity index (χ0n) is 11.0. The normalized spacial score (nSPS) is 31.8. The van der Waals surface area contributed by atoms with E-state index < -0.39 is 0 Å². The first-order valence-corrected chi connectivity index (χ1v) is 7.97. The molecule has 3 rings (SSSR count). The second-order valence-corrected chi connectivity index (χ2v) is 6.97. The quantitative estimate of drug-likeness (QED) is 0.879. The minimum Gasteiger partial charge on any atom is -0.319 e. The number of halogens is 1. The third-order valence-corrected chi connectivity index (χ3v) is 5.56. The summed E-state index contributed by atoms with van der Waals surface area (Å²) in [7, 11) is 2.08. The van der Waals surface area contributed by atoms with Crippen LogP contribution < -0.4 is 5.32 Å². The van der Waals surface area contributed by atoms with E-state index in [4.69, 9.17) is 0 Å². The Balaban J connectivity index is 1.81. The molecule has 2 aliphatic carbocycles. The van der Waals surface area contributed by atoms with E-state index in [9.17, 15) is 0 Å². The number of nitrogens with one attached hydrogen (secondary N) is 1. The Morgan fingerprint density at radius 3 is 2.56 bits per heavy atom. The predicted octanol–water partition coefficient (Wildman–Crippen LogP) is 4.19. The fraction of sp³-hybridized carbons (Fsp3) is 0.625. The zero-order chi connectivity index (χ0) is 12.5. The van der Waals surface area contributed by atoms with Gasteiger partial charge in [-0.05, 0) is 67.7 Å². The van der Waals surface area contributed by atoms with Gasteiger partial charge in [0, 0.05) is 11.0 Å². The van der Waals surface area contributed by atoms with Crippen LogP contribution in [-0.4, -0.2) is 13.6 Å². The molecule has 0 heterocycles. The van der Waals surface area contributed by atoms with E-state index >= 15 is 0 Å². The first kappa shape index (κ1) is 12.7. The van der Waals surface area contributed by atoms with Gasteiger partial charge in [-0.1, -0.05) is 34.5 Å². The third-order valence-electron chi connectivity index (χ3n) is 5.03. The molecule has 98 valence electrons. The zero-order valence-corrected chi connectivity index (χ0v) is 12.6. The van der Waals surface area contributed by atoms with Crippen LogP contribution in [0.3, 0.4) is 0 Å². The Kier molecular flexibility index (Phi) is 3.76. The van der Waals surface area contributed by atoms with Crippen LogP contribution in [0.4, 0.5) is 0 Å². The second kappa shape index (κ2) is 5.34. The molecule has 0 saturated heterocycles. The van der Waals surface area contributed by atoms with Crippen molar-refractivity contribution in [3.8, 4) is 0 Å². The molecule has 1 aromatic rings. The van der Waals surface area contributed by atoms with Gasteiger partial charge in [-0.25, -0.2) is 0 Å². The van der Waals surface area contributed by atoms with Gasteiger partial charge >= 0.3 is 0 Å². The number of rotatable bonds is 4. The van der Waals surface area contributed by atoms with Crippen LogP contribution >= 0.6 is 15.9 Å². The second-order valence-electron chi connectivity index (χ2n) is 6.05. The minimum atomic E-state index is 0.707. The molecule has 1 aromatic carbocycles. The Hall–Kier alpha value is -0.340. The summed E-state index contributed by atoms with van der Waals surface area (Å²) in [6, 6.07) is 8.98. The Morgan fingerprint density at radius 2 is 2.00 bits per heavy atom. The third kappa shape index (κ3) is 2.37. The molecular formula is C16H22BrN. The molecule has 2 saturated carbocycles. The van der Waals surface area contributed by atoms with Crippen LogP contribution in [0.2, 0.25) is 0 Å². The summed E-state index contributed by atoms with van der Waals surface area (Å²) in [5.41, 5.74) is 1.52. The number of hydrogen-bond acceptors (Lipinski definition) is 1. The molecule has 4 unspecified atom stereocenters. The van der Waals surface area contributed by atoms with Crippen molar-refractivity contribution >= 4 is 15.9 Å². The topological polar surface area (TPSA) is 12.0 Å². The van der Waals surface area contributed by atoms with Gasteiger partial charge in [-0.15, -0.1) is 0 Å². The van der Waals surface area contributed by atoms with Crippen molar-refractivity contribution in [3.63, 3.8) is 0 Å². The van der Waals surface area contributed by atoms with Gasteiger partial charge in [-0.3, -0.25) is 0 Å². The Bertz CT molecular complexity index is 400. The lowest BCUT2D eigenvalue weighted by atomic mass is 9.76. The van der Waals surface area contributed by atoms with Crippen molar-refractivity contribution in [3.05, 3.63) is 34.3 Å². The molecule has 0 aliphatic heterocycles. The van der Waals surface area contributed by atoms with E-state index in [1.807, 2.05) is 0 Å². The fourth-order valence-electron chi connectivity index (χ4n) is 4.23. The number of fused-ring (bicyclic) bond motifs is 2. The van der Waals surface area contributed by atoms with E-state index in [1.54, 1.807) is 0 Å². The number of hydrogen-bond donors (Lipinski definition) is 1. The molecule has 0 radical (unpaired) electrons. The smallest absolute Gasteiger partial charge is 0.0175 e. The van der Waals surface area contributed by atoms with Gasteiger partial charge in [0.15, 0.2) is 0 Å². The summed E-state index contributed by atoms with van der Waals surface area (Å²) in [6.45, 7) is 1.12. The molecule has 2 aliphatic rings. The molecule has 4 atom stereocenters. The monoisotopic (exact) mass is 307 g/mol. The molecule has 18 heavy (non-hydrogen) atoms. The van der Waals surface area contributed by atoms with Crippen LogP contribution in [0.5, 0.6) is 0 Å². The van der Waals surface area contributed by atoms with Crippen molar-refractivity contribution in [1.82, 2.24) is 5.32 Å². The summed E-state index contributed by atoms with van der Waals surface area (Å²) >= 11 is 3.53. The highest BCUT2D eigenvalue weighted by molar-refractivity contribution is 9.10. The summed E-state index contributed by atoms with van der Waals surface area (Å²) in [4.78, 5) is 0. The lowest BCUT2D eigenvalue weighted by Crippen LogP contribution is -2.27. The number of likely N-dealkylation sites (N-methyl/N-ethyl adjacent to an activating group) is 1. The molecule has 0 spiro atoms. The van der Waals surface area contributed by atoms with E-state index in [-0.39, 0.29) is 0 Å². The first-order valence-electron chi connectivity index (χ1n) is 7.18. The molecule has 2 fully saturated rings. The number of benzene rings is 1. The predicted molar refractivity (Wildman–Crippen MR) is 79.7 cm³/mol. The highest BCUT2D eigenvalue weighted by Gasteiger charge is 2.43. The van der Waals surface area contributed by atoms with Gasteiger partial charge in [0.05, 0.1) is 0 Å². The van der Waals surface area contributed by atoms with Gasteiger partial charge in [0.25, 0.3) is 0 Å². The summed E-state index contributed by atoms with van der Waals surface area (Å²) in [5, 5.41) is 3.41. The summed E-state index contributed by atoms with van der Waals surface area (Å²) in [5.74, 6) is 3.66. The molecular weight excluding hydrogens is 286 g/mol. The van der Waals surface area contributed by atoms with Crippen molar-refractivity contribution in [2.75, 3.05) is 13.6 Å². The average molecular weight is 308 g/mol. The van der Waals surface area contributed by atoms with Gasteiger partial charge in [-0.2, -0.15) is 0 Å². The maximum absolute atomic E-state index is 3.53. The summed E-state index contributed by atoms with van der Waals surface area (Å²) in [6.07, 6.45) is 5.94. The van der Waals surface area contributed by atoms with Crippen molar-refractivity contribution in [1.29, 1.82) is 0 Å². The lowest BCUT2D eigenvalue weighted by molar-refractivity contribution is 0.277. The molecule has 2 heteroatoms. The molecule has 0 aromatic heterocycles. The maximum Gasteiger partial charge on any atom is 0.0175 e. The highest BCUT2D eigenvalue weighted by atomic mass is 79.9. The van der Waals surface area contributed by atoms with Gasteiger partial charge in [0.1, 0.15) is 0 Å². The van der Waals surface area contributed by atoms with Crippen LogP contribution in [-0.2, 0) is 0 Å². The van der Waals surface area contributed by atoms with E-state index in [1.165, 1.54) is 35.7 Å². The van der Waals surface area contributed by atoms with Crippen molar-refractivity contribution < 1.29 is 0 Å². The SMILES string of the molecule is CNCC(c1ccc(Br)cc1)C1CC2CCC1C2. The van der Waals surface area contributed by atoms with Crippen LogP contribution in [0, 0.1) is 17.8 Å². The minimum absolute atomic E-state index is 0.707. The lowest BCUT2D eigenvalue weighted by Gasteiger charge is -2.31. The Morgan fingerprint density at radius 1 is 1.22 bits per heavy atom. The fourth-order valence-corrected chi connectivity index (χ4v) is 4.50. The van der Waals surface area contributed by atoms with E-state index in [0.717, 1.165) is 24.3 Å². The van der Waals surface area contributed by atoms with Crippen molar-refractivity contribution in [2.45, 2.75) is 31.6 Å². The maximum atomic E-state index is 3.53. The summed E-state index contributed by atoms with van der Waals surface area (Å²) < 4.78 is 1.18. The van der Waals surface area contributed by atoms with Crippen LogP contribution in [0.1, 0.15) is 37.2 Å². The average Bonchev–Trinajstić information content (AvgIpc) is 2.99. The van der Waals surface area contributed by atoms with Crippen LogP contribution in [0.25, 0.3) is 0 Å².